The summed E-state index contributed by atoms with van der Waals surface area (Å²) in [6.07, 6.45) is 0. The van der Waals surface area contributed by atoms with Crippen molar-refractivity contribution >= 4 is 15.9 Å². The number of nitrogens with one attached hydrogen (secondary N) is 1. The van der Waals surface area contributed by atoms with Crippen molar-refractivity contribution < 1.29 is 22.7 Å². The molecule has 2 aromatic rings. The van der Waals surface area contributed by atoms with Crippen LogP contribution in [-0.4, -0.2) is 52.0 Å². The van der Waals surface area contributed by atoms with E-state index in [0.29, 0.717) is 35.7 Å². The fourth-order valence-electron chi connectivity index (χ4n) is 2.89. The molecule has 0 fully saturated rings. The molecule has 29 heavy (non-hydrogen) atoms. The minimum absolute atomic E-state index is 0.152. The number of rotatable bonds is 10. The predicted octanol–water partition coefficient (Wildman–Crippen LogP) is 2.84. The summed E-state index contributed by atoms with van der Waals surface area (Å²) in [6, 6.07) is 11.9. The summed E-state index contributed by atoms with van der Waals surface area (Å²) >= 11 is 0. The SMILES string of the molecule is CCN(CC)S(=O)(=O)c1cc(C(=O)NCCOc2ccccc2OC)ccc1C. The van der Waals surface area contributed by atoms with Crippen LogP contribution in [0.3, 0.4) is 0 Å². The first-order chi connectivity index (χ1) is 13.8. The average molecular weight is 421 g/mol. The third-order valence-electron chi connectivity index (χ3n) is 4.49. The van der Waals surface area contributed by atoms with Crippen LogP contribution < -0.4 is 14.8 Å². The number of carbonyl (C=O) groups excluding carboxylic acids is 1. The number of ether oxygens (including phenoxy) is 2. The maximum absolute atomic E-state index is 12.8. The lowest BCUT2D eigenvalue weighted by molar-refractivity contribution is 0.0946. The number of para-hydroxylation sites is 2. The van der Waals surface area contributed by atoms with Crippen molar-refractivity contribution in [3.05, 3.63) is 53.6 Å². The molecule has 0 unspecified atom stereocenters. The Bertz CT molecular complexity index is 940. The van der Waals surface area contributed by atoms with Crippen molar-refractivity contribution in [1.29, 1.82) is 0 Å². The first-order valence-electron chi connectivity index (χ1n) is 9.49. The van der Waals surface area contributed by atoms with E-state index >= 15 is 0 Å². The van der Waals surface area contributed by atoms with Gasteiger partial charge in [0.1, 0.15) is 6.61 Å². The van der Waals surface area contributed by atoms with Crippen LogP contribution >= 0.6 is 0 Å². The fraction of sp³-hybridized carbons (Fsp3) is 0.381. The lowest BCUT2D eigenvalue weighted by atomic mass is 10.1. The molecular formula is C21H28N2O5S. The molecule has 0 atom stereocenters. The number of hydrogen-bond acceptors (Lipinski definition) is 5. The van der Waals surface area contributed by atoms with Gasteiger partial charge in [0.15, 0.2) is 11.5 Å². The highest BCUT2D eigenvalue weighted by molar-refractivity contribution is 7.89. The highest BCUT2D eigenvalue weighted by Gasteiger charge is 2.24. The minimum Gasteiger partial charge on any atom is -0.493 e. The number of methoxy groups -OCH3 is 1. The van der Waals surface area contributed by atoms with E-state index in [2.05, 4.69) is 5.32 Å². The molecule has 8 heteroatoms. The zero-order valence-electron chi connectivity index (χ0n) is 17.3. The van der Waals surface area contributed by atoms with Gasteiger partial charge >= 0.3 is 0 Å². The second-order valence-corrected chi connectivity index (χ2v) is 8.23. The van der Waals surface area contributed by atoms with Crippen molar-refractivity contribution in [2.24, 2.45) is 0 Å². The van der Waals surface area contributed by atoms with Crippen LogP contribution in [0.4, 0.5) is 0 Å². The number of sulfonamides is 1. The average Bonchev–Trinajstić information content (AvgIpc) is 2.72. The van der Waals surface area contributed by atoms with Gasteiger partial charge < -0.3 is 14.8 Å². The summed E-state index contributed by atoms with van der Waals surface area (Å²) in [5.41, 5.74) is 0.895. The van der Waals surface area contributed by atoms with Crippen molar-refractivity contribution in [2.45, 2.75) is 25.7 Å². The zero-order chi connectivity index (χ0) is 21.4. The number of nitrogens with zero attached hydrogens (tertiary/aromatic N) is 1. The predicted molar refractivity (Wildman–Crippen MR) is 112 cm³/mol. The lowest BCUT2D eigenvalue weighted by Crippen LogP contribution is -2.32. The van der Waals surface area contributed by atoms with Gasteiger partial charge in [0.05, 0.1) is 18.6 Å². The van der Waals surface area contributed by atoms with Gasteiger partial charge in [-0.1, -0.05) is 32.0 Å². The van der Waals surface area contributed by atoms with E-state index in [9.17, 15) is 13.2 Å². The third-order valence-corrected chi connectivity index (χ3v) is 6.68. The molecule has 0 aromatic heterocycles. The molecule has 0 radical (unpaired) electrons. The Kier molecular flexibility index (Phi) is 8.04. The van der Waals surface area contributed by atoms with Crippen molar-refractivity contribution in [2.75, 3.05) is 33.4 Å². The topological polar surface area (TPSA) is 84.9 Å². The summed E-state index contributed by atoms with van der Waals surface area (Å²) in [7, 11) is -2.08. The lowest BCUT2D eigenvalue weighted by Gasteiger charge is -2.20. The van der Waals surface area contributed by atoms with Crippen LogP contribution in [-0.2, 0) is 10.0 Å². The number of hydrogen-bond donors (Lipinski definition) is 1. The normalized spacial score (nSPS) is 11.3. The molecule has 0 bridgehead atoms. The van der Waals surface area contributed by atoms with Gasteiger partial charge in [-0.3, -0.25) is 4.79 Å². The second kappa shape index (κ2) is 10.3. The Balaban J connectivity index is 2.04. The van der Waals surface area contributed by atoms with Crippen molar-refractivity contribution in [1.82, 2.24) is 9.62 Å². The second-order valence-electron chi connectivity index (χ2n) is 6.32. The van der Waals surface area contributed by atoms with Crippen molar-refractivity contribution in [3.8, 4) is 11.5 Å². The van der Waals surface area contributed by atoms with Crippen molar-refractivity contribution in [3.63, 3.8) is 0 Å². The van der Waals surface area contributed by atoms with Crippen LogP contribution in [0.25, 0.3) is 0 Å². The Labute approximate surface area is 172 Å². The third kappa shape index (κ3) is 5.48. The van der Waals surface area contributed by atoms with E-state index in [-0.39, 0.29) is 24.0 Å². The van der Waals surface area contributed by atoms with Gasteiger partial charge in [-0.05, 0) is 36.8 Å². The number of aryl methyl sites for hydroxylation is 1. The van der Waals surface area contributed by atoms with E-state index in [1.54, 1.807) is 52.1 Å². The standard InChI is InChI=1S/C21H28N2O5S/c1-5-23(6-2)29(25,26)20-15-17(12-11-16(20)3)21(24)22-13-14-28-19-10-8-7-9-18(19)27-4/h7-12,15H,5-6,13-14H2,1-4H3,(H,22,24). The number of benzene rings is 2. The molecule has 0 aliphatic rings. The van der Waals surface area contributed by atoms with Gasteiger partial charge in [0.25, 0.3) is 5.91 Å². The van der Waals surface area contributed by atoms with Crippen LogP contribution in [0.5, 0.6) is 11.5 Å². The first kappa shape index (κ1) is 22.7. The molecule has 0 aliphatic heterocycles. The summed E-state index contributed by atoms with van der Waals surface area (Å²) in [6.45, 7) is 6.55. The Morgan fingerprint density at radius 2 is 1.72 bits per heavy atom. The van der Waals surface area contributed by atoms with Crippen LogP contribution in [0.1, 0.15) is 29.8 Å². The maximum atomic E-state index is 12.8. The quantitative estimate of drug-likeness (QED) is 0.598. The highest BCUT2D eigenvalue weighted by atomic mass is 32.2. The fourth-order valence-corrected chi connectivity index (χ4v) is 4.60. The van der Waals surface area contributed by atoms with Gasteiger partial charge in [0, 0.05) is 18.7 Å². The summed E-state index contributed by atoms with van der Waals surface area (Å²) < 4.78 is 37.9. The molecule has 158 valence electrons. The molecule has 0 saturated heterocycles. The maximum Gasteiger partial charge on any atom is 0.251 e. The summed E-state index contributed by atoms with van der Waals surface area (Å²) in [4.78, 5) is 12.6. The number of carbonyl (C=O) groups is 1. The molecular weight excluding hydrogens is 392 g/mol. The van der Waals surface area contributed by atoms with E-state index in [4.69, 9.17) is 9.47 Å². The summed E-state index contributed by atoms with van der Waals surface area (Å²) in [5.74, 6) is 0.848. The molecule has 2 aromatic carbocycles. The molecule has 0 heterocycles. The van der Waals surface area contributed by atoms with E-state index in [1.165, 1.54) is 10.4 Å². The van der Waals surface area contributed by atoms with Gasteiger partial charge in [-0.15, -0.1) is 0 Å². The summed E-state index contributed by atoms with van der Waals surface area (Å²) in [5, 5.41) is 2.75. The molecule has 0 spiro atoms. The number of amides is 1. The van der Waals surface area contributed by atoms with Crippen LogP contribution in [0, 0.1) is 6.92 Å². The van der Waals surface area contributed by atoms with E-state index < -0.39 is 10.0 Å². The Hall–Kier alpha value is -2.58. The highest BCUT2D eigenvalue weighted by Crippen LogP contribution is 2.25. The monoisotopic (exact) mass is 420 g/mol. The van der Waals surface area contributed by atoms with E-state index in [1.807, 2.05) is 12.1 Å². The van der Waals surface area contributed by atoms with E-state index in [0.717, 1.165) is 0 Å². The largest absolute Gasteiger partial charge is 0.493 e. The molecule has 1 amide bonds. The van der Waals surface area contributed by atoms with Gasteiger partial charge in [0.2, 0.25) is 10.0 Å². The smallest absolute Gasteiger partial charge is 0.251 e. The minimum atomic E-state index is -3.64. The van der Waals surface area contributed by atoms with Crippen LogP contribution in [0.15, 0.2) is 47.4 Å². The molecule has 2 rings (SSSR count). The molecule has 1 N–H and O–H groups in total. The first-order valence-corrected chi connectivity index (χ1v) is 10.9. The Morgan fingerprint density at radius 1 is 1.07 bits per heavy atom. The van der Waals surface area contributed by atoms with Gasteiger partial charge in [-0.2, -0.15) is 4.31 Å². The zero-order valence-corrected chi connectivity index (χ0v) is 18.1. The molecule has 0 saturated carbocycles. The molecule has 0 aliphatic carbocycles. The molecule has 7 nitrogen and oxygen atoms in total. The Morgan fingerprint density at radius 3 is 2.34 bits per heavy atom. The van der Waals surface area contributed by atoms with Gasteiger partial charge in [-0.25, -0.2) is 8.42 Å². The van der Waals surface area contributed by atoms with Crippen LogP contribution in [0.2, 0.25) is 0 Å².